The standard InChI is InChI=1S/C22H23NO3/c1-15-18-7-5-6-8-19(18)21(25)23(15)13-20(24)26-14-16-9-11-17(12-10-16)22(2,3)4/h5-12H,1,13-14H2,2-4H3. The summed E-state index contributed by atoms with van der Waals surface area (Å²) in [5.41, 5.74) is 4.11. The average molecular weight is 349 g/mol. The van der Waals surface area contributed by atoms with E-state index in [1.54, 1.807) is 12.1 Å². The Bertz CT molecular complexity index is 825. The van der Waals surface area contributed by atoms with E-state index in [-0.39, 0.29) is 24.5 Å². The van der Waals surface area contributed by atoms with E-state index < -0.39 is 5.97 Å². The monoisotopic (exact) mass is 349 g/mol. The summed E-state index contributed by atoms with van der Waals surface area (Å²) in [7, 11) is 0. The van der Waals surface area contributed by atoms with E-state index in [1.807, 2.05) is 36.4 Å². The van der Waals surface area contributed by atoms with Gasteiger partial charge in [0, 0.05) is 16.8 Å². The molecule has 2 aromatic rings. The van der Waals surface area contributed by atoms with Gasteiger partial charge in [0.1, 0.15) is 13.2 Å². The van der Waals surface area contributed by atoms with Gasteiger partial charge >= 0.3 is 5.97 Å². The fourth-order valence-electron chi connectivity index (χ4n) is 2.94. The number of nitrogens with zero attached hydrogens (tertiary/aromatic N) is 1. The summed E-state index contributed by atoms with van der Waals surface area (Å²) in [6.45, 7) is 10.4. The number of esters is 1. The average Bonchev–Trinajstić information content (AvgIpc) is 2.85. The van der Waals surface area contributed by atoms with Crippen LogP contribution < -0.4 is 0 Å². The molecule has 0 aromatic heterocycles. The molecule has 0 atom stereocenters. The Morgan fingerprint density at radius 1 is 1.04 bits per heavy atom. The summed E-state index contributed by atoms with van der Waals surface area (Å²) in [5.74, 6) is -0.663. The zero-order valence-electron chi connectivity index (χ0n) is 15.4. The van der Waals surface area contributed by atoms with Crippen molar-refractivity contribution in [3.8, 4) is 0 Å². The molecule has 0 saturated heterocycles. The molecule has 0 unspecified atom stereocenters. The SMILES string of the molecule is C=C1c2ccccc2C(=O)N1CC(=O)OCc1ccc(C(C)(C)C)cc1. The minimum absolute atomic E-state index is 0.0840. The fraction of sp³-hybridized carbons (Fsp3) is 0.273. The Morgan fingerprint density at radius 2 is 1.65 bits per heavy atom. The maximum absolute atomic E-state index is 12.4. The Kier molecular flexibility index (Phi) is 4.68. The molecule has 26 heavy (non-hydrogen) atoms. The fourth-order valence-corrected chi connectivity index (χ4v) is 2.94. The second kappa shape index (κ2) is 6.79. The Balaban J connectivity index is 1.59. The molecule has 0 fully saturated rings. The predicted molar refractivity (Wildman–Crippen MR) is 101 cm³/mol. The number of rotatable bonds is 4. The lowest BCUT2D eigenvalue weighted by Gasteiger charge is -2.19. The first-order chi connectivity index (χ1) is 12.3. The highest BCUT2D eigenvalue weighted by molar-refractivity contribution is 6.10. The predicted octanol–water partition coefficient (Wildman–Crippen LogP) is 4.15. The quantitative estimate of drug-likeness (QED) is 0.779. The van der Waals surface area contributed by atoms with Crippen molar-refractivity contribution < 1.29 is 14.3 Å². The van der Waals surface area contributed by atoms with Crippen LogP contribution in [0.25, 0.3) is 5.70 Å². The van der Waals surface area contributed by atoms with E-state index in [4.69, 9.17) is 4.74 Å². The highest BCUT2D eigenvalue weighted by Crippen LogP contribution is 2.30. The first-order valence-electron chi connectivity index (χ1n) is 8.62. The molecule has 0 N–H and O–H groups in total. The molecule has 134 valence electrons. The number of hydrogen-bond donors (Lipinski definition) is 0. The number of fused-ring (bicyclic) bond motifs is 1. The van der Waals surface area contributed by atoms with Crippen LogP contribution >= 0.6 is 0 Å². The van der Waals surface area contributed by atoms with Crippen molar-refractivity contribution in [1.82, 2.24) is 4.90 Å². The lowest BCUT2D eigenvalue weighted by Crippen LogP contribution is -2.30. The van der Waals surface area contributed by atoms with Gasteiger partial charge in [-0.15, -0.1) is 0 Å². The lowest BCUT2D eigenvalue weighted by atomic mass is 9.87. The first kappa shape index (κ1) is 17.9. The van der Waals surface area contributed by atoms with Gasteiger partial charge in [-0.2, -0.15) is 0 Å². The van der Waals surface area contributed by atoms with Crippen molar-refractivity contribution in [2.75, 3.05) is 6.54 Å². The van der Waals surface area contributed by atoms with E-state index in [9.17, 15) is 9.59 Å². The number of carbonyl (C=O) groups excluding carboxylic acids is 2. The van der Waals surface area contributed by atoms with Gasteiger partial charge in [-0.3, -0.25) is 14.5 Å². The van der Waals surface area contributed by atoms with E-state index in [0.717, 1.165) is 11.1 Å². The van der Waals surface area contributed by atoms with Crippen LogP contribution in [0.4, 0.5) is 0 Å². The minimum Gasteiger partial charge on any atom is -0.459 e. The molecule has 0 saturated carbocycles. The molecular weight excluding hydrogens is 326 g/mol. The maximum Gasteiger partial charge on any atom is 0.326 e. The summed E-state index contributed by atoms with van der Waals surface area (Å²) < 4.78 is 5.34. The van der Waals surface area contributed by atoms with E-state index in [1.165, 1.54) is 10.5 Å². The number of hydrogen-bond acceptors (Lipinski definition) is 3. The van der Waals surface area contributed by atoms with Crippen LogP contribution in [0.3, 0.4) is 0 Å². The summed E-state index contributed by atoms with van der Waals surface area (Å²) in [6.07, 6.45) is 0. The third-order valence-corrected chi connectivity index (χ3v) is 4.55. The molecule has 0 spiro atoms. The molecule has 1 aliphatic rings. The van der Waals surface area contributed by atoms with Crippen molar-refractivity contribution in [2.24, 2.45) is 0 Å². The Labute approximate surface area is 154 Å². The molecule has 0 aliphatic carbocycles. The number of amides is 1. The maximum atomic E-state index is 12.4. The van der Waals surface area contributed by atoms with Gasteiger partial charge in [0.2, 0.25) is 0 Å². The van der Waals surface area contributed by atoms with Crippen LogP contribution in [0.5, 0.6) is 0 Å². The van der Waals surface area contributed by atoms with Crippen LogP contribution in [0, 0.1) is 0 Å². The van der Waals surface area contributed by atoms with Crippen LogP contribution in [0.2, 0.25) is 0 Å². The highest BCUT2D eigenvalue weighted by atomic mass is 16.5. The van der Waals surface area contributed by atoms with Crippen LogP contribution in [0.1, 0.15) is 47.8 Å². The van der Waals surface area contributed by atoms with Gasteiger partial charge in [0.15, 0.2) is 0 Å². The number of ether oxygens (including phenoxy) is 1. The second-order valence-electron chi connectivity index (χ2n) is 7.49. The lowest BCUT2D eigenvalue weighted by molar-refractivity contribution is -0.145. The molecule has 4 heteroatoms. The van der Waals surface area contributed by atoms with Gasteiger partial charge < -0.3 is 4.74 Å². The van der Waals surface area contributed by atoms with E-state index in [0.29, 0.717) is 11.3 Å². The van der Waals surface area contributed by atoms with Gasteiger partial charge in [-0.1, -0.05) is 69.8 Å². The number of carbonyl (C=O) groups is 2. The first-order valence-corrected chi connectivity index (χ1v) is 8.62. The third kappa shape index (κ3) is 3.54. The van der Waals surface area contributed by atoms with Crippen molar-refractivity contribution in [3.63, 3.8) is 0 Å². The molecule has 1 amide bonds. The molecule has 1 heterocycles. The smallest absolute Gasteiger partial charge is 0.326 e. The van der Waals surface area contributed by atoms with Crippen LogP contribution in [-0.2, 0) is 21.6 Å². The molecule has 0 radical (unpaired) electrons. The summed E-state index contributed by atoms with van der Waals surface area (Å²) >= 11 is 0. The summed E-state index contributed by atoms with van der Waals surface area (Å²) in [4.78, 5) is 26.0. The summed E-state index contributed by atoms with van der Waals surface area (Å²) in [5, 5.41) is 0. The van der Waals surface area contributed by atoms with E-state index >= 15 is 0 Å². The molecule has 0 bridgehead atoms. The van der Waals surface area contributed by atoms with Gasteiger partial charge in [0.05, 0.1) is 0 Å². The topological polar surface area (TPSA) is 46.6 Å². The highest BCUT2D eigenvalue weighted by Gasteiger charge is 2.32. The van der Waals surface area contributed by atoms with Gasteiger partial charge in [-0.05, 0) is 22.6 Å². The van der Waals surface area contributed by atoms with Crippen molar-refractivity contribution in [1.29, 1.82) is 0 Å². The van der Waals surface area contributed by atoms with Crippen LogP contribution in [-0.4, -0.2) is 23.3 Å². The van der Waals surface area contributed by atoms with Crippen molar-refractivity contribution in [3.05, 3.63) is 77.4 Å². The van der Waals surface area contributed by atoms with E-state index in [2.05, 4.69) is 27.4 Å². The van der Waals surface area contributed by atoms with Crippen molar-refractivity contribution in [2.45, 2.75) is 32.8 Å². The zero-order valence-corrected chi connectivity index (χ0v) is 15.4. The number of benzene rings is 2. The Morgan fingerprint density at radius 3 is 2.23 bits per heavy atom. The third-order valence-electron chi connectivity index (χ3n) is 4.55. The van der Waals surface area contributed by atoms with Gasteiger partial charge in [-0.25, -0.2) is 0 Å². The summed E-state index contributed by atoms with van der Waals surface area (Å²) in [6, 6.07) is 15.2. The normalized spacial score (nSPS) is 13.7. The zero-order chi connectivity index (χ0) is 18.9. The molecular formula is C22H23NO3. The Hall–Kier alpha value is -2.88. The molecule has 4 nitrogen and oxygen atoms in total. The minimum atomic E-state index is -0.452. The second-order valence-corrected chi connectivity index (χ2v) is 7.49. The molecule has 3 rings (SSSR count). The molecule has 1 aliphatic heterocycles. The van der Waals surface area contributed by atoms with Crippen molar-refractivity contribution >= 4 is 17.6 Å². The van der Waals surface area contributed by atoms with Gasteiger partial charge in [0.25, 0.3) is 5.91 Å². The van der Waals surface area contributed by atoms with Crippen LogP contribution in [0.15, 0.2) is 55.1 Å². The largest absolute Gasteiger partial charge is 0.459 e. The molecule has 2 aromatic carbocycles.